The van der Waals surface area contributed by atoms with Crippen LogP contribution in [0.25, 0.3) is 10.9 Å². The number of para-hydroxylation sites is 2. The first-order chi connectivity index (χ1) is 12.8. The highest BCUT2D eigenvalue weighted by Gasteiger charge is 2.19. The molecule has 0 bridgehead atoms. The normalized spacial score (nSPS) is 14.9. The number of aromatic nitrogens is 1. The molecule has 1 aliphatic rings. The molecular weight excluding hydrogens is 449 g/mol. The van der Waals surface area contributed by atoms with Gasteiger partial charge in [0.25, 0.3) is 0 Å². The van der Waals surface area contributed by atoms with E-state index >= 15 is 0 Å². The van der Waals surface area contributed by atoms with Crippen molar-refractivity contribution in [1.29, 1.82) is 0 Å². The van der Waals surface area contributed by atoms with E-state index < -0.39 is 0 Å². The van der Waals surface area contributed by atoms with Crippen LogP contribution in [-0.4, -0.2) is 49.1 Å². The molecule has 2 N–H and O–H groups in total. The molecule has 4 rings (SSSR count). The molecule has 27 heavy (non-hydrogen) atoms. The van der Waals surface area contributed by atoms with Crippen molar-refractivity contribution in [2.75, 3.05) is 38.1 Å². The van der Waals surface area contributed by atoms with Gasteiger partial charge in [-0.3, -0.25) is 4.99 Å². The van der Waals surface area contributed by atoms with Gasteiger partial charge in [0.1, 0.15) is 0 Å². The van der Waals surface area contributed by atoms with E-state index in [1.807, 2.05) is 7.05 Å². The summed E-state index contributed by atoms with van der Waals surface area (Å²) in [6.45, 7) is 4.72. The molecule has 2 aromatic carbocycles. The number of aromatic amines is 1. The van der Waals surface area contributed by atoms with Crippen molar-refractivity contribution in [3.8, 4) is 0 Å². The van der Waals surface area contributed by atoms with Gasteiger partial charge in [-0.15, -0.1) is 24.0 Å². The summed E-state index contributed by atoms with van der Waals surface area (Å²) in [5.74, 6) is 0.969. The molecule has 0 atom stereocenters. The number of anilines is 1. The van der Waals surface area contributed by atoms with Gasteiger partial charge in [-0.2, -0.15) is 0 Å². The van der Waals surface area contributed by atoms with E-state index in [4.69, 9.17) is 0 Å². The fourth-order valence-corrected chi connectivity index (χ4v) is 3.55. The molecule has 1 aliphatic heterocycles. The highest BCUT2D eigenvalue weighted by molar-refractivity contribution is 14.0. The Labute approximate surface area is 177 Å². The number of H-pyrrole nitrogens is 1. The first-order valence-corrected chi connectivity index (χ1v) is 9.16. The maximum absolute atomic E-state index is 4.48. The van der Waals surface area contributed by atoms with Crippen LogP contribution in [0, 0.1) is 0 Å². The summed E-state index contributed by atoms with van der Waals surface area (Å²) in [6, 6.07) is 21.2. The van der Waals surface area contributed by atoms with E-state index in [1.165, 1.54) is 22.3 Å². The zero-order valence-corrected chi connectivity index (χ0v) is 17.9. The number of nitrogens with zero attached hydrogens (tertiary/aromatic N) is 3. The van der Waals surface area contributed by atoms with Crippen LogP contribution in [0.4, 0.5) is 5.69 Å². The summed E-state index contributed by atoms with van der Waals surface area (Å²) in [5, 5.41) is 4.74. The first-order valence-electron chi connectivity index (χ1n) is 9.16. The lowest BCUT2D eigenvalue weighted by Crippen LogP contribution is -2.52. The molecule has 0 amide bonds. The van der Waals surface area contributed by atoms with Crippen LogP contribution >= 0.6 is 24.0 Å². The van der Waals surface area contributed by atoms with Gasteiger partial charge in [-0.05, 0) is 29.7 Å². The lowest BCUT2D eigenvalue weighted by Gasteiger charge is -2.37. The number of piperazine rings is 1. The number of aliphatic imine (C=N–C) groups is 1. The number of fused-ring (bicyclic) bond motifs is 1. The third-order valence-electron chi connectivity index (χ3n) is 4.94. The van der Waals surface area contributed by atoms with Crippen molar-refractivity contribution >= 4 is 46.5 Å². The van der Waals surface area contributed by atoms with E-state index in [1.54, 1.807) is 0 Å². The predicted molar refractivity (Wildman–Crippen MR) is 124 cm³/mol. The van der Waals surface area contributed by atoms with Crippen molar-refractivity contribution in [2.45, 2.75) is 6.54 Å². The second-order valence-corrected chi connectivity index (χ2v) is 6.59. The second kappa shape index (κ2) is 9.12. The van der Waals surface area contributed by atoms with Crippen molar-refractivity contribution < 1.29 is 0 Å². The van der Waals surface area contributed by atoms with Gasteiger partial charge >= 0.3 is 0 Å². The maximum atomic E-state index is 4.48. The molecule has 5 nitrogen and oxygen atoms in total. The van der Waals surface area contributed by atoms with Gasteiger partial charge in [-0.1, -0.05) is 36.4 Å². The van der Waals surface area contributed by atoms with Crippen LogP contribution in [0.3, 0.4) is 0 Å². The van der Waals surface area contributed by atoms with Crippen molar-refractivity contribution in [1.82, 2.24) is 15.2 Å². The summed E-state index contributed by atoms with van der Waals surface area (Å²) in [6.07, 6.45) is 0. The molecule has 1 fully saturated rings. The Kier molecular flexibility index (Phi) is 6.60. The topological polar surface area (TPSA) is 46.7 Å². The van der Waals surface area contributed by atoms with Gasteiger partial charge < -0.3 is 20.1 Å². The minimum absolute atomic E-state index is 0. The Hall–Kier alpha value is -2.22. The number of benzene rings is 2. The quantitative estimate of drug-likeness (QED) is 0.345. The van der Waals surface area contributed by atoms with Gasteiger partial charge in [-0.25, -0.2) is 0 Å². The summed E-state index contributed by atoms with van der Waals surface area (Å²) >= 11 is 0. The first kappa shape index (κ1) is 19.5. The molecule has 2 heterocycles. The number of hydrogen-bond donors (Lipinski definition) is 2. The molecule has 0 saturated carbocycles. The van der Waals surface area contributed by atoms with Gasteiger partial charge in [0.2, 0.25) is 0 Å². The van der Waals surface area contributed by atoms with E-state index in [2.05, 4.69) is 85.8 Å². The molecule has 1 aromatic heterocycles. The van der Waals surface area contributed by atoms with Gasteiger partial charge in [0, 0.05) is 50.1 Å². The minimum Gasteiger partial charge on any atom is -0.368 e. The summed E-state index contributed by atoms with van der Waals surface area (Å²) in [5.41, 5.74) is 3.65. The van der Waals surface area contributed by atoms with Crippen LogP contribution in [0.2, 0.25) is 0 Å². The average Bonchev–Trinajstić information content (AvgIpc) is 3.12. The second-order valence-electron chi connectivity index (χ2n) is 6.59. The lowest BCUT2D eigenvalue weighted by molar-refractivity contribution is 0.372. The van der Waals surface area contributed by atoms with Crippen LogP contribution in [-0.2, 0) is 6.54 Å². The van der Waals surface area contributed by atoms with Crippen molar-refractivity contribution in [3.05, 3.63) is 66.4 Å². The Morgan fingerprint density at radius 3 is 2.41 bits per heavy atom. The van der Waals surface area contributed by atoms with Crippen LogP contribution in [0.1, 0.15) is 5.69 Å². The fourth-order valence-electron chi connectivity index (χ4n) is 3.55. The van der Waals surface area contributed by atoms with E-state index in [9.17, 15) is 0 Å². The smallest absolute Gasteiger partial charge is 0.194 e. The Bertz CT molecular complexity index is 849. The SMILES string of the molecule is CN=C(NCc1cc2ccccc2[nH]1)N1CCN(c2ccccc2)CC1.I. The number of rotatable bonds is 3. The monoisotopic (exact) mass is 475 g/mol. The van der Waals surface area contributed by atoms with E-state index in [0.29, 0.717) is 0 Å². The summed E-state index contributed by atoms with van der Waals surface area (Å²) in [4.78, 5) is 12.7. The largest absolute Gasteiger partial charge is 0.368 e. The molecule has 3 aromatic rings. The van der Waals surface area contributed by atoms with Crippen LogP contribution in [0.5, 0.6) is 0 Å². The third-order valence-corrected chi connectivity index (χ3v) is 4.94. The van der Waals surface area contributed by atoms with Crippen LogP contribution in [0.15, 0.2) is 65.7 Å². The zero-order valence-electron chi connectivity index (χ0n) is 15.6. The van der Waals surface area contributed by atoms with E-state index in [-0.39, 0.29) is 24.0 Å². The number of guanidine groups is 1. The highest BCUT2D eigenvalue weighted by atomic mass is 127. The maximum Gasteiger partial charge on any atom is 0.194 e. The van der Waals surface area contributed by atoms with Gasteiger partial charge in [0.15, 0.2) is 5.96 Å². The summed E-state index contributed by atoms with van der Waals surface area (Å²) < 4.78 is 0. The lowest BCUT2D eigenvalue weighted by atomic mass is 10.2. The molecular formula is C21H26IN5. The molecule has 0 radical (unpaired) electrons. The van der Waals surface area contributed by atoms with Crippen LogP contribution < -0.4 is 10.2 Å². The predicted octanol–water partition coefficient (Wildman–Crippen LogP) is 3.68. The molecule has 142 valence electrons. The average molecular weight is 475 g/mol. The molecule has 0 unspecified atom stereocenters. The Morgan fingerprint density at radius 1 is 1.00 bits per heavy atom. The van der Waals surface area contributed by atoms with E-state index in [0.717, 1.165) is 38.7 Å². The summed E-state index contributed by atoms with van der Waals surface area (Å²) in [7, 11) is 1.86. The number of hydrogen-bond acceptors (Lipinski definition) is 2. The standard InChI is InChI=1S/C21H25N5.HI/c1-22-21(23-16-18-15-17-7-5-6-10-20(17)24-18)26-13-11-25(12-14-26)19-8-3-2-4-9-19;/h2-10,15,24H,11-14,16H2,1H3,(H,22,23);1H. The van der Waals surface area contributed by atoms with Gasteiger partial charge in [0.05, 0.1) is 6.54 Å². The third kappa shape index (κ3) is 4.55. The molecule has 6 heteroatoms. The molecule has 0 aliphatic carbocycles. The number of halogens is 1. The zero-order chi connectivity index (χ0) is 17.8. The Balaban J connectivity index is 0.00000210. The molecule has 1 saturated heterocycles. The minimum atomic E-state index is 0. The van der Waals surface area contributed by atoms with Crippen molar-refractivity contribution in [2.24, 2.45) is 4.99 Å². The van der Waals surface area contributed by atoms with Crippen molar-refractivity contribution in [3.63, 3.8) is 0 Å². The molecule has 0 spiro atoms. The Morgan fingerprint density at radius 2 is 1.70 bits per heavy atom. The fraction of sp³-hybridized carbons (Fsp3) is 0.286. The highest BCUT2D eigenvalue weighted by Crippen LogP contribution is 2.16. The number of nitrogens with one attached hydrogen (secondary N) is 2.